The van der Waals surface area contributed by atoms with Gasteiger partial charge in [-0.3, -0.25) is 0 Å². The molecule has 1 N–H and O–H groups in total. The quantitative estimate of drug-likeness (QED) is 0.172. The largest absolute Gasteiger partial charge is 0.330 e. The van der Waals surface area contributed by atoms with E-state index < -0.39 is 0 Å². The molecule has 4 aromatic rings. The Hall–Kier alpha value is -4.45. The molecule has 0 saturated carbocycles. The Labute approximate surface area is 293 Å². The van der Waals surface area contributed by atoms with E-state index in [1.54, 1.807) is 0 Å². The molecule has 0 bridgehead atoms. The van der Waals surface area contributed by atoms with Crippen molar-refractivity contribution in [2.75, 3.05) is 6.54 Å². The summed E-state index contributed by atoms with van der Waals surface area (Å²) >= 11 is 0.185. The second-order valence-electron chi connectivity index (χ2n) is 11.6. The molecule has 0 saturated heterocycles. The SMILES string of the molecule is C=C/C(SF)=C1/N=C(c2ccccc2C)C=C(C)N1CC.C=CC(C)NC(c1ccccc1)c1ccccc1.CCc1ccc(C)cc1. The van der Waals surface area contributed by atoms with Gasteiger partial charge in [0.2, 0.25) is 0 Å². The summed E-state index contributed by atoms with van der Waals surface area (Å²) in [4.78, 5) is 7.10. The molecule has 1 atom stereocenters. The number of benzene rings is 4. The van der Waals surface area contributed by atoms with Crippen LogP contribution < -0.4 is 5.32 Å². The number of nitrogens with zero attached hydrogens (tertiary/aromatic N) is 2. The van der Waals surface area contributed by atoms with Crippen molar-refractivity contribution in [1.82, 2.24) is 10.2 Å². The molecule has 3 nitrogen and oxygen atoms in total. The van der Waals surface area contributed by atoms with Crippen LogP contribution in [0, 0.1) is 13.8 Å². The van der Waals surface area contributed by atoms with E-state index in [0.717, 1.165) is 35.5 Å². The van der Waals surface area contributed by atoms with Crippen LogP contribution in [0.4, 0.5) is 3.89 Å². The van der Waals surface area contributed by atoms with Gasteiger partial charge in [-0.1, -0.05) is 134 Å². The predicted octanol–water partition coefficient (Wildman–Crippen LogP) is 11.5. The molecule has 0 radical (unpaired) electrons. The fourth-order valence-corrected chi connectivity index (χ4v) is 5.51. The molecule has 5 heteroatoms. The minimum atomic E-state index is 0.185. The van der Waals surface area contributed by atoms with Crippen molar-refractivity contribution >= 4 is 17.9 Å². The molecule has 1 aliphatic heterocycles. The number of hydrogen-bond donors (Lipinski definition) is 1. The Balaban J connectivity index is 0.000000210. The number of aryl methyl sites for hydroxylation is 3. The lowest BCUT2D eigenvalue weighted by Gasteiger charge is -2.29. The van der Waals surface area contributed by atoms with Crippen LogP contribution in [0.1, 0.15) is 67.1 Å². The number of nitrogens with one attached hydrogen (secondary N) is 1. The van der Waals surface area contributed by atoms with E-state index in [0.29, 0.717) is 10.7 Å². The summed E-state index contributed by atoms with van der Waals surface area (Å²) < 4.78 is 13.2. The van der Waals surface area contributed by atoms with Crippen molar-refractivity contribution in [1.29, 1.82) is 0 Å². The Morgan fingerprint density at radius 2 is 1.40 bits per heavy atom. The summed E-state index contributed by atoms with van der Waals surface area (Å²) in [6, 6.07) is 38.2. The van der Waals surface area contributed by atoms with Crippen molar-refractivity contribution in [3.05, 3.63) is 190 Å². The van der Waals surface area contributed by atoms with Crippen LogP contribution in [0.5, 0.6) is 0 Å². The average molecular weight is 660 g/mol. The summed E-state index contributed by atoms with van der Waals surface area (Å²) in [6.45, 7) is 20.7. The number of halogens is 1. The van der Waals surface area contributed by atoms with Gasteiger partial charge in [-0.2, -0.15) is 3.89 Å². The second-order valence-corrected chi connectivity index (χ2v) is 12.2. The molecule has 4 aromatic carbocycles. The van der Waals surface area contributed by atoms with E-state index in [-0.39, 0.29) is 24.2 Å². The zero-order valence-electron chi connectivity index (χ0n) is 29.3. The van der Waals surface area contributed by atoms with E-state index in [9.17, 15) is 3.89 Å². The lowest BCUT2D eigenvalue weighted by Crippen LogP contribution is -2.29. The third-order valence-corrected chi connectivity index (χ3v) is 8.57. The average Bonchev–Trinajstić information content (AvgIpc) is 3.12. The standard InChI is InChI=1S/C17H19FN2S.C17H19N.C9H12/c1-5-16(21-18)17-19-15(11-13(4)20(17)6-2)14-10-8-7-9-12(14)3;1-3-14(2)18-17(15-10-6-4-7-11-15)16-12-8-5-9-13-16;1-3-9-6-4-8(2)5-7-9/h5,7-11H,1,6H2,2-4H3;3-14,17-18H,1H2,2H3;4-7H,3H2,1-2H3/b17-16+;;. The van der Waals surface area contributed by atoms with Crippen molar-refractivity contribution in [3.63, 3.8) is 0 Å². The van der Waals surface area contributed by atoms with Crippen molar-refractivity contribution in [3.8, 4) is 0 Å². The first-order valence-electron chi connectivity index (χ1n) is 16.6. The Morgan fingerprint density at radius 1 is 0.833 bits per heavy atom. The number of aliphatic imine (C=N–C) groups is 1. The summed E-state index contributed by atoms with van der Waals surface area (Å²) in [7, 11) is 0. The molecule has 5 rings (SSSR count). The maximum atomic E-state index is 13.2. The molecule has 0 aliphatic carbocycles. The van der Waals surface area contributed by atoms with Gasteiger partial charge in [-0.15, -0.1) is 6.58 Å². The summed E-state index contributed by atoms with van der Waals surface area (Å²) in [5, 5.41) is 3.58. The van der Waals surface area contributed by atoms with Crippen LogP contribution in [-0.2, 0) is 6.42 Å². The molecular weight excluding hydrogens is 610 g/mol. The highest BCUT2D eigenvalue weighted by molar-refractivity contribution is 7.98. The minimum absolute atomic E-state index is 0.185. The molecule has 1 heterocycles. The number of rotatable bonds is 10. The van der Waals surface area contributed by atoms with Crippen molar-refractivity contribution in [2.24, 2.45) is 4.99 Å². The van der Waals surface area contributed by atoms with Gasteiger partial charge < -0.3 is 10.2 Å². The molecule has 0 amide bonds. The van der Waals surface area contributed by atoms with E-state index >= 15 is 0 Å². The molecule has 1 unspecified atom stereocenters. The zero-order valence-corrected chi connectivity index (χ0v) is 30.1. The van der Waals surface area contributed by atoms with Crippen molar-refractivity contribution < 1.29 is 3.89 Å². The molecule has 48 heavy (non-hydrogen) atoms. The van der Waals surface area contributed by atoms with Gasteiger partial charge >= 0.3 is 0 Å². The maximum Gasteiger partial charge on any atom is 0.149 e. The second kappa shape index (κ2) is 20.0. The van der Waals surface area contributed by atoms with Gasteiger partial charge in [-0.05, 0) is 75.4 Å². The van der Waals surface area contributed by atoms with Gasteiger partial charge in [0.05, 0.1) is 28.8 Å². The summed E-state index contributed by atoms with van der Waals surface area (Å²) in [5.74, 6) is 0.623. The van der Waals surface area contributed by atoms with Crippen LogP contribution in [0.3, 0.4) is 0 Å². The van der Waals surface area contributed by atoms with E-state index in [1.165, 1.54) is 28.3 Å². The molecule has 0 spiro atoms. The fraction of sp³-hybridized carbons (Fsp3) is 0.233. The number of hydrogen-bond acceptors (Lipinski definition) is 4. The Bertz CT molecular complexity index is 1630. The molecule has 0 fully saturated rings. The van der Waals surface area contributed by atoms with Crippen molar-refractivity contribution in [2.45, 2.75) is 60.0 Å². The first-order valence-corrected chi connectivity index (χ1v) is 17.3. The summed E-state index contributed by atoms with van der Waals surface area (Å²) in [6.07, 6.45) is 6.62. The topological polar surface area (TPSA) is 27.6 Å². The van der Waals surface area contributed by atoms with Crippen LogP contribution in [0.25, 0.3) is 0 Å². The highest BCUT2D eigenvalue weighted by atomic mass is 32.2. The Kier molecular flexibility index (Phi) is 15.9. The van der Waals surface area contributed by atoms with Gasteiger partial charge in [0.15, 0.2) is 0 Å². The van der Waals surface area contributed by atoms with Crippen LogP contribution in [-0.4, -0.2) is 23.2 Å². The maximum absolute atomic E-state index is 13.2. The monoisotopic (exact) mass is 659 g/mol. The molecular formula is C43H50FN3S. The normalized spacial score (nSPS) is 14.0. The van der Waals surface area contributed by atoms with E-state index in [4.69, 9.17) is 0 Å². The first-order chi connectivity index (χ1) is 23.3. The van der Waals surface area contributed by atoms with Crippen LogP contribution >= 0.6 is 12.1 Å². The third kappa shape index (κ3) is 11.1. The lowest BCUT2D eigenvalue weighted by molar-refractivity contribution is 0.442. The smallest absolute Gasteiger partial charge is 0.149 e. The van der Waals surface area contributed by atoms with Gasteiger partial charge in [-0.25, -0.2) is 4.99 Å². The zero-order chi connectivity index (χ0) is 34.9. The molecule has 250 valence electrons. The first kappa shape index (κ1) is 38.0. The van der Waals surface area contributed by atoms with Crippen LogP contribution in [0.15, 0.2) is 162 Å². The van der Waals surface area contributed by atoms with Gasteiger partial charge in [0, 0.05) is 23.8 Å². The highest BCUT2D eigenvalue weighted by Crippen LogP contribution is 2.31. The molecule has 1 aliphatic rings. The Morgan fingerprint density at radius 3 is 1.88 bits per heavy atom. The fourth-order valence-electron chi connectivity index (χ4n) is 5.22. The minimum Gasteiger partial charge on any atom is -0.330 e. The predicted molar refractivity (Wildman–Crippen MR) is 208 cm³/mol. The van der Waals surface area contributed by atoms with Crippen LogP contribution in [0.2, 0.25) is 0 Å². The lowest BCUT2D eigenvalue weighted by atomic mass is 9.98. The van der Waals surface area contributed by atoms with Gasteiger partial charge in [0.25, 0.3) is 0 Å². The van der Waals surface area contributed by atoms with Gasteiger partial charge in [0.1, 0.15) is 5.82 Å². The molecule has 0 aromatic heterocycles. The third-order valence-electron chi connectivity index (χ3n) is 8.06. The highest BCUT2D eigenvalue weighted by Gasteiger charge is 2.21. The number of allylic oxidation sites excluding steroid dienone is 3. The summed E-state index contributed by atoms with van der Waals surface area (Å²) in [5.41, 5.74) is 9.44. The van der Waals surface area contributed by atoms with E-state index in [2.05, 4.69) is 130 Å². The van der Waals surface area contributed by atoms with E-state index in [1.807, 2.05) is 61.2 Å².